The van der Waals surface area contributed by atoms with E-state index in [0.717, 1.165) is 55.9 Å². The Morgan fingerprint density at radius 1 is 1.44 bits per heavy atom. The second-order valence-electron chi connectivity index (χ2n) is 7.10. The van der Waals surface area contributed by atoms with Crippen molar-refractivity contribution in [3.8, 4) is 0 Å². The molecule has 1 atom stereocenters. The average Bonchev–Trinajstić information content (AvgIpc) is 3.31. The Balaban J connectivity index is 1.41. The molecule has 25 heavy (non-hydrogen) atoms. The number of aliphatic hydroxyl groups excluding tert-OH is 1. The fraction of sp³-hybridized carbons (Fsp3) is 0.611. The molecule has 1 fully saturated rings. The molecule has 1 N–H and O–H groups in total. The fourth-order valence-corrected chi connectivity index (χ4v) is 4.22. The van der Waals surface area contributed by atoms with Gasteiger partial charge in [-0.2, -0.15) is 5.10 Å². The van der Waals surface area contributed by atoms with Crippen molar-refractivity contribution in [1.29, 1.82) is 0 Å². The van der Waals surface area contributed by atoms with Crippen molar-refractivity contribution < 1.29 is 9.90 Å². The number of hydrogen-bond acceptors (Lipinski definition) is 5. The third-order valence-corrected chi connectivity index (χ3v) is 6.16. The summed E-state index contributed by atoms with van der Waals surface area (Å²) in [5.41, 5.74) is 4.68. The van der Waals surface area contributed by atoms with Crippen LogP contribution in [-0.4, -0.2) is 37.2 Å². The van der Waals surface area contributed by atoms with Crippen LogP contribution in [0.3, 0.4) is 0 Å². The van der Waals surface area contributed by atoms with Crippen LogP contribution in [0.1, 0.15) is 53.7 Å². The van der Waals surface area contributed by atoms with Gasteiger partial charge in [0.1, 0.15) is 6.10 Å². The Bertz CT molecular complexity index is 765. The van der Waals surface area contributed by atoms with Gasteiger partial charge in [-0.1, -0.05) is 0 Å². The van der Waals surface area contributed by atoms with Gasteiger partial charge in [0, 0.05) is 24.4 Å². The van der Waals surface area contributed by atoms with Crippen LogP contribution in [0.15, 0.2) is 11.6 Å². The first kappa shape index (κ1) is 16.7. The third kappa shape index (κ3) is 3.62. The normalized spacial score (nSPS) is 18.7. The van der Waals surface area contributed by atoms with Crippen LogP contribution in [0.5, 0.6) is 0 Å². The van der Waals surface area contributed by atoms with Gasteiger partial charge in [0.25, 0.3) is 0 Å². The summed E-state index contributed by atoms with van der Waals surface area (Å²) in [4.78, 5) is 20.0. The summed E-state index contributed by atoms with van der Waals surface area (Å²) in [5, 5.41) is 14.9. The van der Waals surface area contributed by atoms with Gasteiger partial charge in [0.2, 0.25) is 5.91 Å². The number of nitrogens with zero attached hydrogens (tertiary/aromatic N) is 4. The van der Waals surface area contributed by atoms with Crippen molar-refractivity contribution in [2.75, 3.05) is 6.54 Å². The van der Waals surface area contributed by atoms with Gasteiger partial charge < -0.3 is 10.0 Å². The van der Waals surface area contributed by atoms with E-state index in [-0.39, 0.29) is 5.91 Å². The molecule has 0 saturated heterocycles. The van der Waals surface area contributed by atoms with E-state index in [1.165, 1.54) is 4.88 Å². The minimum atomic E-state index is -0.446. The fourth-order valence-electron chi connectivity index (χ4n) is 3.44. The van der Waals surface area contributed by atoms with Crippen LogP contribution in [0.25, 0.3) is 0 Å². The number of aliphatic hydroxyl groups is 1. The SMILES string of the molecule is Cc1ncsc1CCC(=O)N1CCCn2nc(C(O)C3CC3)cc2C1. The van der Waals surface area contributed by atoms with E-state index in [4.69, 9.17) is 0 Å². The summed E-state index contributed by atoms with van der Waals surface area (Å²) < 4.78 is 1.97. The van der Waals surface area contributed by atoms with Crippen molar-refractivity contribution in [2.45, 2.75) is 58.2 Å². The number of carbonyl (C=O) groups is 1. The molecule has 1 aliphatic heterocycles. The Kier molecular flexibility index (Phi) is 4.60. The van der Waals surface area contributed by atoms with Gasteiger partial charge >= 0.3 is 0 Å². The van der Waals surface area contributed by atoms with E-state index < -0.39 is 6.10 Å². The Hall–Kier alpha value is -1.73. The van der Waals surface area contributed by atoms with Crippen molar-refractivity contribution >= 4 is 17.2 Å². The number of aromatic nitrogens is 3. The second kappa shape index (κ2) is 6.88. The van der Waals surface area contributed by atoms with Crippen molar-refractivity contribution in [1.82, 2.24) is 19.7 Å². The molecule has 0 aromatic carbocycles. The van der Waals surface area contributed by atoms with E-state index in [2.05, 4.69) is 10.1 Å². The van der Waals surface area contributed by atoms with Crippen LogP contribution < -0.4 is 0 Å². The molecule has 7 heteroatoms. The van der Waals surface area contributed by atoms with Crippen molar-refractivity contribution in [3.05, 3.63) is 33.5 Å². The number of carbonyl (C=O) groups excluding carboxylic acids is 1. The molecule has 2 aromatic rings. The molecule has 134 valence electrons. The molecule has 1 unspecified atom stereocenters. The number of amides is 1. The molecular weight excluding hydrogens is 336 g/mol. The number of hydrogen-bond donors (Lipinski definition) is 1. The summed E-state index contributed by atoms with van der Waals surface area (Å²) >= 11 is 1.62. The lowest BCUT2D eigenvalue weighted by Crippen LogP contribution is -2.30. The molecule has 4 rings (SSSR count). The lowest BCUT2D eigenvalue weighted by Gasteiger charge is -2.20. The largest absolute Gasteiger partial charge is 0.386 e. The van der Waals surface area contributed by atoms with E-state index in [9.17, 15) is 9.90 Å². The van der Waals surface area contributed by atoms with Gasteiger partial charge in [0.05, 0.1) is 29.1 Å². The summed E-state index contributed by atoms with van der Waals surface area (Å²) in [6.07, 6.45) is 3.92. The van der Waals surface area contributed by atoms with Crippen molar-refractivity contribution in [2.24, 2.45) is 5.92 Å². The van der Waals surface area contributed by atoms with Crippen LogP contribution in [0.4, 0.5) is 0 Å². The highest BCUT2D eigenvalue weighted by atomic mass is 32.1. The molecule has 0 spiro atoms. The molecule has 1 saturated carbocycles. The summed E-state index contributed by atoms with van der Waals surface area (Å²) in [7, 11) is 0. The standard InChI is InChI=1S/C18H24N4O2S/c1-12-16(25-11-19-12)5-6-17(23)21-7-2-8-22-14(10-21)9-15(20-22)18(24)13-3-4-13/h9,11,13,18,24H,2-8,10H2,1H3. The van der Waals surface area contributed by atoms with Gasteiger partial charge in [-0.25, -0.2) is 4.98 Å². The van der Waals surface area contributed by atoms with Gasteiger partial charge in [-0.15, -0.1) is 11.3 Å². The first-order valence-corrected chi connectivity index (χ1v) is 9.91. The minimum absolute atomic E-state index is 0.187. The third-order valence-electron chi connectivity index (χ3n) is 5.17. The molecule has 6 nitrogen and oxygen atoms in total. The number of aryl methyl sites for hydroxylation is 3. The van der Waals surface area contributed by atoms with Gasteiger partial charge in [-0.05, 0) is 44.6 Å². The summed E-state index contributed by atoms with van der Waals surface area (Å²) in [6.45, 7) is 4.16. The number of rotatable bonds is 5. The predicted octanol–water partition coefficient (Wildman–Crippen LogP) is 2.46. The molecule has 2 aliphatic rings. The zero-order valence-electron chi connectivity index (χ0n) is 14.5. The van der Waals surface area contributed by atoms with Crippen LogP contribution in [-0.2, 0) is 24.3 Å². The quantitative estimate of drug-likeness (QED) is 0.889. The monoisotopic (exact) mass is 360 g/mol. The lowest BCUT2D eigenvalue weighted by molar-refractivity contribution is -0.131. The molecule has 0 radical (unpaired) electrons. The van der Waals surface area contributed by atoms with E-state index >= 15 is 0 Å². The van der Waals surface area contributed by atoms with E-state index in [1.54, 1.807) is 11.3 Å². The zero-order chi connectivity index (χ0) is 17.4. The minimum Gasteiger partial charge on any atom is -0.386 e. The zero-order valence-corrected chi connectivity index (χ0v) is 15.3. The summed E-state index contributed by atoms with van der Waals surface area (Å²) in [5.74, 6) is 0.561. The maximum Gasteiger partial charge on any atom is 0.223 e. The Labute approximate surface area is 151 Å². The maximum atomic E-state index is 12.7. The van der Waals surface area contributed by atoms with Crippen LogP contribution >= 0.6 is 11.3 Å². The first-order chi connectivity index (χ1) is 12.1. The predicted molar refractivity (Wildman–Crippen MR) is 95.1 cm³/mol. The smallest absolute Gasteiger partial charge is 0.223 e. The number of fused-ring (bicyclic) bond motifs is 1. The molecule has 0 bridgehead atoms. The molecule has 1 aliphatic carbocycles. The summed E-state index contributed by atoms with van der Waals surface area (Å²) in [6, 6.07) is 1.99. The van der Waals surface area contributed by atoms with E-state index in [0.29, 0.717) is 18.9 Å². The highest BCUT2D eigenvalue weighted by Crippen LogP contribution is 2.40. The molecule has 3 heterocycles. The highest BCUT2D eigenvalue weighted by molar-refractivity contribution is 7.09. The average molecular weight is 360 g/mol. The van der Waals surface area contributed by atoms with Crippen LogP contribution in [0.2, 0.25) is 0 Å². The lowest BCUT2D eigenvalue weighted by atomic mass is 10.1. The molecular formula is C18H24N4O2S. The van der Waals surface area contributed by atoms with Crippen LogP contribution in [0, 0.1) is 12.8 Å². The molecule has 1 amide bonds. The maximum absolute atomic E-state index is 12.7. The van der Waals surface area contributed by atoms with E-state index in [1.807, 2.05) is 28.1 Å². The topological polar surface area (TPSA) is 71.2 Å². The highest BCUT2D eigenvalue weighted by Gasteiger charge is 2.33. The Morgan fingerprint density at radius 2 is 2.28 bits per heavy atom. The van der Waals surface area contributed by atoms with Gasteiger partial charge in [0.15, 0.2) is 0 Å². The van der Waals surface area contributed by atoms with Gasteiger partial charge in [-0.3, -0.25) is 9.48 Å². The van der Waals surface area contributed by atoms with Crippen molar-refractivity contribution in [3.63, 3.8) is 0 Å². The Morgan fingerprint density at radius 3 is 3.00 bits per heavy atom. The molecule has 2 aromatic heterocycles. The number of thiazole rings is 1. The first-order valence-electron chi connectivity index (χ1n) is 9.03. The second-order valence-corrected chi connectivity index (χ2v) is 8.04.